The van der Waals surface area contributed by atoms with E-state index >= 15 is 0 Å². The standard InChI is InChI=1S/C10H17Cl2N3OS/c1-2-3-4-5-6-13-10(16)14-15-7-17-9(12)8(15)11/h2-7H2,1H3,(H2,13,14,16). The zero-order chi connectivity index (χ0) is 12.7. The lowest BCUT2D eigenvalue weighted by atomic mass is 10.2. The van der Waals surface area contributed by atoms with Crippen LogP contribution < -0.4 is 10.7 Å². The second kappa shape index (κ2) is 7.95. The van der Waals surface area contributed by atoms with Crippen LogP contribution in [-0.2, 0) is 0 Å². The van der Waals surface area contributed by atoms with Crippen LogP contribution in [0.5, 0.6) is 0 Å². The first kappa shape index (κ1) is 14.8. The summed E-state index contributed by atoms with van der Waals surface area (Å²) < 4.78 is 0.509. The van der Waals surface area contributed by atoms with Crippen molar-refractivity contribution in [3.05, 3.63) is 9.52 Å². The summed E-state index contributed by atoms with van der Waals surface area (Å²) in [6.07, 6.45) is 4.54. The van der Waals surface area contributed by atoms with Gasteiger partial charge in [-0.3, -0.25) is 5.01 Å². The van der Waals surface area contributed by atoms with Crippen molar-refractivity contribution in [3.63, 3.8) is 0 Å². The second-order valence-corrected chi connectivity index (χ2v) is 5.61. The number of carbonyl (C=O) groups excluding carboxylic acids is 1. The Hall–Kier alpha value is -0.260. The smallest absolute Gasteiger partial charge is 0.333 e. The molecule has 7 heteroatoms. The maximum absolute atomic E-state index is 11.5. The largest absolute Gasteiger partial charge is 0.337 e. The van der Waals surface area contributed by atoms with E-state index in [0.29, 0.717) is 21.9 Å². The average molecular weight is 298 g/mol. The molecule has 4 nitrogen and oxygen atoms in total. The van der Waals surface area contributed by atoms with E-state index < -0.39 is 0 Å². The van der Waals surface area contributed by atoms with Crippen molar-refractivity contribution in [1.82, 2.24) is 15.8 Å². The first-order valence-corrected chi connectivity index (χ1v) is 7.39. The first-order valence-electron chi connectivity index (χ1n) is 5.65. The third-order valence-electron chi connectivity index (χ3n) is 2.27. The van der Waals surface area contributed by atoms with Crippen molar-refractivity contribution in [1.29, 1.82) is 0 Å². The molecule has 0 aliphatic carbocycles. The summed E-state index contributed by atoms with van der Waals surface area (Å²) in [6.45, 7) is 2.84. The maximum Gasteiger partial charge on any atom is 0.333 e. The topological polar surface area (TPSA) is 44.4 Å². The van der Waals surface area contributed by atoms with Crippen molar-refractivity contribution >= 4 is 41.0 Å². The summed E-state index contributed by atoms with van der Waals surface area (Å²) in [6, 6.07) is -0.244. The van der Waals surface area contributed by atoms with Gasteiger partial charge in [-0.15, -0.1) is 0 Å². The molecule has 1 heterocycles. The summed E-state index contributed by atoms with van der Waals surface area (Å²) in [5, 5.41) is 4.68. The van der Waals surface area contributed by atoms with Crippen molar-refractivity contribution in [3.8, 4) is 0 Å². The van der Waals surface area contributed by atoms with E-state index in [1.54, 1.807) is 0 Å². The Morgan fingerprint density at radius 2 is 2.18 bits per heavy atom. The minimum Gasteiger partial charge on any atom is -0.337 e. The summed E-state index contributed by atoms with van der Waals surface area (Å²) in [7, 11) is 0. The predicted molar refractivity (Wildman–Crippen MR) is 73.7 cm³/mol. The lowest BCUT2D eigenvalue weighted by Crippen LogP contribution is -2.45. The Labute approximate surface area is 116 Å². The van der Waals surface area contributed by atoms with E-state index in [-0.39, 0.29) is 6.03 Å². The zero-order valence-electron chi connectivity index (χ0n) is 9.76. The SMILES string of the molecule is CCCCCCNC(=O)NN1CSC(Cl)=C1Cl. The molecule has 0 aromatic rings. The minimum atomic E-state index is -0.244. The third-order valence-corrected chi connectivity index (χ3v) is 4.21. The Morgan fingerprint density at radius 3 is 2.76 bits per heavy atom. The van der Waals surface area contributed by atoms with Gasteiger partial charge in [0.2, 0.25) is 0 Å². The number of rotatable bonds is 6. The van der Waals surface area contributed by atoms with Gasteiger partial charge in [0.05, 0.1) is 5.88 Å². The molecule has 1 aliphatic heterocycles. The van der Waals surface area contributed by atoms with Crippen molar-refractivity contribution in [2.75, 3.05) is 12.4 Å². The molecule has 0 atom stereocenters. The van der Waals surface area contributed by atoms with Gasteiger partial charge in [-0.25, -0.2) is 10.2 Å². The quantitative estimate of drug-likeness (QED) is 0.583. The molecular weight excluding hydrogens is 281 g/mol. The van der Waals surface area contributed by atoms with Crippen molar-refractivity contribution in [2.24, 2.45) is 0 Å². The van der Waals surface area contributed by atoms with Crippen LogP contribution in [0, 0.1) is 0 Å². The van der Waals surface area contributed by atoms with E-state index in [9.17, 15) is 4.79 Å². The highest BCUT2D eigenvalue weighted by molar-refractivity contribution is 8.04. The molecule has 0 saturated carbocycles. The number of amides is 2. The van der Waals surface area contributed by atoms with Gasteiger partial charge in [-0.2, -0.15) is 0 Å². The van der Waals surface area contributed by atoms with Gasteiger partial charge in [0.15, 0.2) is 0 Å². The lowest BCUT2D eigenvalue weighted by molar-refractivity contribution is 0.216. The molecule has 17 heavy (non-hydrogen) atoms. The van der Waals surface area contributed by atoms with Gasteiger partial charge >= 0.3 is 6.03 Å². The summed E-state index contributed by atoms with van der Waals surface area (Å²) in [5.41, 5.74) is 2.64. The maximum atomic E-state index is 11.5. The highest BCUT2D eigenvalue weighted by Crippen LogP contribution is 2.35. The van der Waals surface area contributed by atoms with Crippen LogP contribution in [0.2, 0.25) is 0 Å². The second-order valence-electron chi connectivity index (χ2n) is 3.69. The monoisotopic (exact) mass is 297 g/mol. The number of carbonyl (C=O) groups is 1. The molecular formula is C10H17Cl2N3OS. The number of urea groups is 1. The zero-order valence-corrected chi connectivity index (χ0v) is 12.1. The molecule has 0 bridgehead atoms. The number of thioether (sulfide) groups is 1. The summed E-state index contributed by atoms with van der Waals surface area (Å²) in [4.78, 5) is 11.5. The number of hydrazine groups is 1. The average Bonchev–Trinajstić information content (AvgIpc) is 2.61. The molecule has 1 aliphatic rings. The Kier molecular flexibility index (Phi) is 6.92. The Morgan fingerprint density at radius 1 is 1.41 bits per heavy atom. The van der Waals surface area contributed by atoms with Crippen molar-refractivity contribution < 1.29 is 4.79 Å². The number of nitrogens with zero attached hydrogens (tertiary/aromatic N) is 1. The van der Waals surface area contributed by atoms with E-state index in [0.717, 1.165) is 12.8 Å². The highest BCUT2D eigenvalue weighted by Gasteiger charge is 2.21. The number of unbranched alkanes of at least 4 members (excludes halogenated alkanes) is 3. The number of halogens is 2. The number of hydrogen-bond acceptors (Lipinski definition) is 3. The first-order chi connectivity index (χ1) is 8.15. The molecule has 98 valence electrons. The summed E-state index contributed by atoms with van der Waals surface area (Å²) >= 11 is 13.1. The Balaban J connectivity index is 2.13. The molecule has 0 unspecified atom stereocenters. The van der Waals surface area contributed by atoms with Crippen LogP contribution in [0.25, 0.3) is 0 Å². The normalized spacial score (nSPS) is 15.4. The van der Waals surface area contributed by atoms with E-state index in [1.165, 1.54) is 29.6 Å². The van der Waals surface area contributed by atoms with Gasteiger partial charge in [0.25, 0.3) is 0 Å². The number of hydrogen-bond donors (Lipinski definition) is 2. The van der Waals surface area contributed by atoms with Gasteiger partial charge < -0.3 is 5.32 Å². The fourth-order valence-electron chi connectivity index (χ4n) is 1.34. The van der Waals surface area contributed by atoms with E-state index in [1.807, 2.05) is 0 Å². The molecule has 0 saturated heterocycles. The fourth-order valence-corrected chi connectivity index (χ4v) is 2.59. The highest BCUT2D eigenvalue weighted by atomic mass is 35.5. The van der Waals surface area contributed by atoms with Gasteiger partial charge in [0, 0.05) is 6.54 Å². The van der Waals surface area contributed by atoms with Crippen LogP contribution in [0.3, 0.4) is 0 Å². The predicted octanol–water partition coefficient (Wildman–Crippen LogP) is 3.39. The van der Waals surface area contributed by atoms with Crippen LogP contribution in [0.4, 0.5) is 4.79 Å². The third kappa shape index (κ3) is 5.27. The molecule has 0 spiro atoms. The van der Waals surface area contributed by atoms with Gasteiger partial charge in [-0.1, -0.05) is 61.1 Å². The minimum absolute atomic E-state index is 0.244. The van der Waals surface area contributed by atoms with Gasteiger partial charge in [0.1, 0.15) is 9.52 Å². The Bertz CT molecular complexity index is 299. The van der Waals surface area contributed by atoms with Crippen molar-refractivity contribution in [2.45, 2.75) is 32.6 Å². The molecule has 0 radical (unpaired) electrons. The summed E-state index contributed by atoms with van der Waals surface area (Å²) in [5.74, 6) is 0.543. The van der Waals surface area contributed by atoms with E-state index in [2.05, 4.69) is 17.7 Å². The van der Waals surface area contributed by atoms with Gasteiger partial charge in [-0.05, 0) is 6.42 Å². The molecule has 0 aromatic heterocycles. The molecule has 0 fully saturated rings. The number of nitrogens with one attached hydrogen (secondary N) is 2. The van der Waals surface area contributed by atoms with E-state index in [4.69, 9.17) is 23.2 Å². The molecule has 0 aromatic carbocycles. The fraction of sp³-hybridized carbons (Fsp3) is 0.700. The molecule has 1 rings (SSSR count). The molecule has 2 N–H and O–H groups in total. The van der Waals surface area contributed by atoms with Crippen LogP contribution in [-0.4, -0.2) is 23.5 Å². The van der Waals surface area contributed by atoms with Crippen LogP contribution >= 0.6 is 35.0 Å². The van der Waals surface area contributed by atoms with Crippen LogP contribution in [0.15, 0.2) is 9.52 Å². The molecule has 2 amide bonds. The lowest BCUT2D eigenvalue weighted by Gasteiger charge is -2.18. The van der Waals surface area contributed by atoms with Crippen LogP contribution in [0.1, 0.15) is 32.6 Å².